The van der Waals surface area contributed by atoms with Crippen molar-refractivity contribution in [1.82, 2.24) is 14.9 Å². The number of nitrogens with one attached hydrogen (secondary N) is 1. The largest absolute Gasteiger partial charge is 0.472 e. The predicted molar refractivity (Wildman–Crippen MR) is 102 cm³/mol. The van der Waals surface area contributed by atoms with Gasteiger partial charge in [-0.1, -0.05) is 6.07 Å². The number of carbonyl (C=O) groups excluding carboxylic acids is 1. The third-order valence-electron chi connectivity index (χ3n) is 4.37. The fourth-order valence-electron chi connectivity index (χ4n) is 3.38. The lowest BCUT2D eigenvalue weighted by atomic mass is 10.1. The zero-order valence-corrected chi connectivity index (χ0v) is 15.9. The van der Waals surface area contributed by atoms with Crippen LogP contribution in [0.4, 0.5) is 10.5 Å². The van der Waals surface area contributed by atoms with E-state index < -0.39 is 0 Å². The Morgan fingerprint density at radius 3 is 2.54 bits per heavy atom. The van der Waals surface area contributed by atoms with Gasteiger partial charge in [0.25, 0.3) is 0 Å². The van der Waals surface area contributed by atoms with Gasteiger partial charge in [-0.3, -0.25) is 0 Å². The quantitative estimate of drug-likeness (QED) is 0.911. The van der Waals surface area contributed by atoms with Crippen molar-refractivity contribution in [2.75, 3.05) is 18.4 Å². The molecule has 1 atom stereocenters. The highest BCUT2D eigenvalue weighted by Crippen LogP contribution is 2.19. The van der Waals surface area contributed by atoms with E-state index >= 15 is 0 Å². The van der Waals surface area contributed by atoms with Crippen molar-refractivity contribution in [2.24, 2.45) is 0 Å². The van der Waals surface area contributed by atoms with Crippen LogP contribution in [-0.2, 0) is 0 Å². The molecule has 1 aliphatic heterocycles. The molecular formula is C20H26N4O2. The van der Waals surface area contributed by atoms with E-state index in [2.05, 4.69) is 21.4 Å². The van der Waals surface area contributed by atoms with Crippen LogP contribution in [0.2, 0.25) is 0 Å². The Kier molecular flexibility index (Phi) is 5.40. The maximum Gasteiger partial charge on any atom is 0.321 e. The number of ether oxygens (including phenoxy) is 1. The number of nitrogens with zero attached hydrogens (tertiary/aromatic N) is 3. The Morgan fingerprint density at radius 1 is 1.12 bits per heavy atom. The summed E-state index contributed by atoms with van der Waals surface area (Å²) >= 11 is 0. The monoisotopic (exact) mass is 354 g/mol. The van der Waals surface area contributed by atoms with Crippen LogP contribution >= 0.6 is 0 Å². The molecule has 6 nitrogen and oxygen atoms in total. The summed E-state index contributed by atoms with van der Waals surface area (Å²) < 4.78 is 6.01. The van der Waals surface area contributed by atoms with E-state index in [1.807, 2.05) is 50.8 Å². The number of aromatic nitrogens is 2. The van der Waals surface area contributed by atoms with Gasteiger partial charge in [0.1, 0.15) is 11.9 Å². The van der Waals surface area contributed by atoms with E-state index in [9.17, 15) is 4.79 Å². The normalized spacial score (nSPS) is 17.1. The molecule has 1 saturated heterocycles. The van der Waals surface area contributed by atoms with Crippen LogP contribution in [0.1, 0.15) is 35.5 Å². The summed E-state index contributed by atoms with van der Waals surface area (Å²) in [4.78, 5) is 23.0. The molecular weight excluding hydrogens is 328 g/mol. The Hall–Kier alpha value is -2.63. The van der Waals surface area contributed by atoms with Crippen LogP contribution in [-0.4, -0.2) is 40.1 Å². The minimum atomic E-state index is -0.0849. The van der Waals surface area contributed by atoms with Gasteiger partial charge in [-0.2, -0.15) is 4.98 Å². The first-order valence-corrected chi connectivity index (χ1v) is 9.02. The molecule has 138 valence electrons. The summed E-state index contributed by atoms with van der Waals surface area (Å²) in [5, 5.41) is 3.00. The number of piperidine rings is 1. The number of carbonyl (C=O) groups is 1. The molecule has 1 fully saturated rings. The predicted octanol–water partition coefficient (Wildman–Crippen LogP) is 3.79. The van der Waals surface area contributed by atoms with Crippen LogP contribution < -0.4 is 10.1 Å². The number of rotatable bonds is 3. The molecule has 6 heteroatoms. The number of hydrogen-bond donors (Lipinski definition) is 1. The van der Waals surface area contributed by atoms with Gasteiger partial charge in [0.15, 0.2) is 0 Å². The van der Waals surface area contributed by atoms with Gasteiger partial charge in [0, 0.05) is 24.0 Å². The molecule has 2 amide bonds. The molecule has 2 aromatic rings. The molecule has 26 heavy (non-hydrogen) atoms. The van der Waals surface area contributed by atoms with Gasteiger partial charge >= 0.3 is 6.03 Å². The first-order valence-electron chi connectivity index (χ1n) is 9.02. The highest BCUT2D eigenvalue weighted by Gasteiger charge is 2.25. The fraction of sp³-hybridized carbons (Fsp3) is 0.450. The van der Waals surface area contributed by atoms with Crippen LogP contribution in [0.5, 0.6) is 5.88 Å². The first kappa shape index (κ1) is 18.2. The van der Waals surface area contributed by atoms with Crippen molar-refractivity contribution >= 4 is 11.7 Å². The second-order valence-electron chi connectivity index (χ2n) is 7.03. The fourth-order valence-corrected chi connectivity index (χ4v) is 3.38. The smallest absolute Gasteiger partial charge is 0.321 e. The number of hydrogen-bond acceptors (Lipinski definition) is 4. The lowest BCUT2D eigenvalue weighted by Crippen LogP contribution is -2.46. The zero-order valence-electron chi connectivity index (χ0n) is 15.9. The average molecular weight is 354 g/mol. The molecule has 2 heterocycles. The molecule has 1 aromatic carbocycles. The third-order valence-corrected chi connectivity index (χ3v) is 4.37. The van der Waals surface area contributed by atoms with Gasteiger partial charge in [-0.15, -0.1) is 0 Å². The van der Waals surface area contributed by atoms with Crippen molar-refractivity contribution in [3.8, 4) is 5.88 Å². The molecule has 1 aromatic heterocycles. The summed E-state index contributed by atoms with van der Waals surface area (Å²) in [5.74, 6) is 1.27. The summed E-state index contributed by atoms with van der Waals surface area (Å²) in [7, 11) is 0. The Labute approximate surface area is 154 Å². The van der Waals surface area contributed by atoms with Gasteiger partial charge < -0.3 is 15.0 Å². The Morgan fingerprint density at radius 2 is 1.85 bits per heavy atom. The molecule has 3 rings (SSSR count). The molecule has 0 spiro atoms. The standard InChI is InChI=1S/C20H26N4O2/c1-13-8-14(2)10-17(9-13)23-20(25)24-7-5-6-18(12-24)26-19-11-15(3)21-16(4)22-19/h8-11,18H,5-7,12H2,1-4H3,(H,23,25). The number of aryl methyl sites for hydroxylation is 4. The second kappa shape index (κ2) is 7.72. The van der Waals surface area contributed by atoms with Crippen molar-refractivity contribution in [2.45, 2.75) is 46.6 Å². The van der Waals surface area contributed by atoms with Crippen molar-refractivity contribution < 1.29 is 9.53 Å². The van der Waals surface area contributed by atoms with Crippen molar-refractivity contribution in [1.29, 1.82) is 0 Å². The molecule has 0 radical (unpaired) electrons. The molecule has 1 aliphatic rings. The molecule has 0 bridgehead atoms. The highest BCUT2D eigenvalue weighted by atomic mass is 16.5. The third kappa shape index (κ3) is 4.71. The molecule has 0 aliphatic carbocycles. The van der Waals surface area contributed by atoms with E-state index in [-0.39, 0.29) is 12.1 Å². The number of amides is 2. The molecule has 1 N–H and O–H groups in total. The minimum Gasteiger partial charge on any atom is -0.472 e. The van der Waals surface area contributed by atoms with Gasteiger partial charge in [0.2, 0.25) is 5.88 Å². The van der Waals surface area contributed by atoms with Crippen molar-refractivity contribution in [3.05, 3.63) is 46.9 Å². The SMILES string of the molecule is Cc1cc(C)cc(NC(=O)N2CCCC(Oc3cc(C)nc(C)n3)C2)c1. The minimum absolute atomic E-state index is 0.0533. The number of likely N-dealkylation sites (tertiary alicyclic amines) is 1. The van der Waals surface area contributed by atoms with Crippen molar-refractivity contribution in [3.63, 3.8) is 0 Å². The molecule has 1 unspecified atom stereocenters. The lowest BCUT2D eigenvalue weighted by Gasteiger charge is -2.32. The number of benzene rings is 1. The zero-order chi connectivity index (χ0) is 18.7. The van der Waals surface area contributed by atoms with Gasteiger partial charge in [-0.25, -0.2) is 9.78 Å². The van der Waals surface area contributed by atoms with E-state index in [0.29, 0.717) is 18.2 Å². The summed E-state index contributed by atoms with van der Waals surface area (Å²) in [5.41, 5.74) is 3.98. The number of urea groups is 1. The molecule has 0 saturated carbocycles. The van der Waals surface area contributed by atoms with Crippen LogP contribution in [0.15, 0.2) is 24.3 Å². The Bertz CT molecular complexity index is 766. The average Bonchev–Trinajstić information content (AvgIpc) is 2.53. The first-order chi connectivity index (χ1) is 12.4. The summed E-state index contributed by atoms with van der Waals surface area (Å²) in [6.45, 7) is 9.12. The van der Waals surface area contributed by atoms with E-state index in [4.69, 9.17) is 4.74 Å². The van der Waals surface area contributed by atoms with E-state index in [0.717, 1.165) is 41.9 Å². The summed E-state index contributed by atoms with van der Waals surface area (Å²) in [6.07, 6.45) is 1.77. The van der Waals surface area contributed by atoms with Gasteiger partial charge in [-0.05, 0) is 63.8 Å². The second-order valence-corrected chi connectivity index (χ2v) is 7.03. The summed E-state index contributed by atoms with van der Waals surface area (Å²) in [6, 6.07) is 7.80. The van der Waals surface area contributed by atoms with Crippen LogP contribution in [0.3, 0.4) is 0 Å². The van der Waals surface area contributed by atoms with E-state index in [1.165, 1.54) is 0 Å². The maximum atomic E-state index is 12.6. The topological polar surface area (TPSA) is 67.4 Å². The van der Waals surface area contributed by atoms with E-state index in [1.54, 1.807) is 0 Å². The lowest BCUT2D eigenvalue weighted by molar-refractivity contribution is 0.102. The maximum absolute atomic E-state index is 12.6. The highest BCUT2D eigenvalue weighted by molar-refractivity contribution is 5.89. The van der Waals surface area contributed by atoms with Crippen LogP contribution in [0, 0.1) is 27.7 Å². The Balaban J connectivity index is 1.63. The van der Waals surface area contributed by atoms with Crippen LogP contribution in [0.25, 0.3) is 0 Å². The van der Waals surface area contributed by atoms with Gasteiger partial charge in [0.05, 0.1) is 6.54 Å². The number of anilines is 1.